The molecule has 0 aliphatic rings. The molecule has 0 spiro atoms. The SMILES string of the molecule is CCSCCCS(=O)(=O)c1cc(C(=O)O)c(Cl)cc1Cl. The Kier molecular flexibility index (Phi) is 6.64. The molecule has 1 N–H and O–H groups in total. The number of carboxylic acids is 1. The number of thioether (sulfide) groups is 1. The van der Waals surface area contributed by atoms with Crippen LogP contribution < -0.4 is 0 Å². The molecular weight excluding hydrogens is 343 g/mol. The zero-order valence-electron chi connectivity index (χ0n) is 10.7. The largest absolute Gasteiger partial charge is 0.478 e. The molecule has 20 heavy (non-hydrogen) atoms. The molecule has 0 saturated heterocycles. The van der Waals surface area contributed by atoms with Crippen molar-refractivity contribution in [2.75, 3.05) is 17.3 Å². The fourth-order valence-corrected chi connectivity index (χ4v) is 4.57. The molecule has 0 aliphatic heterocycles. The van der Waals surface area contributed by atoms with Gasteiger partial charge in [0.15, 0.2) is 9.84 Å². The van der Waals surface area contributed by atoms with Crippen LogP contribution in [0, 0.1) is 0 Å². The summed E-state index contributed by atoms with van der Waals surface area (Å²) in [6.45, 7) is 1.99. The topological polar surface area (TPSA) is 71.4 Å². The first kappa shape index (κ1) is 17.6. The zero-order valence-corrected chi connectivity index (χ0v) is 13.9. The summed E-state index contributed by atoms with van der Waals surface area (Å²) in [6, 6.07) is 2.18. The Labute approximate surface area is 132 Å². The van der Waals surface area contributed by atoms with E-state index in [1.54, 1.807) is 11.8 Å². The first-order valence-corrected chi connectivity index (χ1v) is 9.38. The van der Waals surface area contributed by atoms with Gasteiger partial charge in [-0.25, -0.2) is 13.2 Å². The van der Waals surface area contributed by atoms with Crippen molar-refractivity contribution in [3.8, 4) is 0 Å². The summed E-state index contributed by atoms with van der Waals surface area (Å²) in [5.74, 6) is 0.294. The number of benzene rings is 1. The molecule has 8 heteroatoms. The Bertz CT molecular complexity index is 600. The van der Waals surface area contributed by atoms with Gasteiger partial charge in [0.1, 0.15) is 0 Å². The number of carbonyl (C=O) groups is 1. The number of aromatic carboxylic acids is 1. The average Bonchev–Trinajstić information content (AvgIpc) is 2.33. The second-order valence-corrected chi connectivity index (χ2v) is 8.22. The predicted octanol–water partition coefficient (Wildman–Crippen LogP) is 3.61. The van der Waals surface area contributed by atoms with Gasteiger partial charge in [0, 0.05) is 0 Å². The molecule has 0 amide bonds. The van der Waals surface area contributed by atoms with Crippen LogP contribution in [-0.2, 0) is 9.84 Å². The lowest BCUT2D eigenvalue weighted by Gasteiger charge is -2.09. The van der Waals surface area contributed by atoms with Crippen molar-refractivity contribution in [2.45, 2.75) is 18.2 Å². The van der Waals surface area contributed by atoms with Crippen LogP contribution in [0.4, 0.5) is 0 Å². The molecule has 112 valence electrons. The van der Waals surface area contributed by atoms with Crippen molar-refractivity contribution < 1.29 is 18.3 Å². The van der Waals surface area contributed by atoms with Gasteiger partial charge in [0.25, 0.3) is 0 Å². The highest BCUT2D eigenvalue weighted by Crippen LogP contribution is 2.29. The Morgan fingerprint density at radius 2 is 1.95 bits per heavy atom. The lowest BCUT2D eigenvalue weighted by molar-refractivity contribution is 0.0697. The Balaban J connectivity index is 3.05. The maximum absolute atomic E-state index is 12.2. The van der Waals surface area contributed by atoms with E-state index in [1.165, 1.54) is 0 Å². The van der Waals surface area contributed by atoms with Gasteiger partial charge in [-0.05, 0) is 30.1 Å². The number of rotatable bonds is 7. The summed E-state index contributed by atoms with van der Waals surface area (Å²) in [5, 5.41) is 8.83. The molecule has 4 nitrogen and oxygen atoms in total. The molecule has 1 aromatic carbocycles. The second-order valence-electron chi connectivity index (χ2n) is 3.94. The fourth-order valence-electron chi connectivity index (χ4n) is 1.54. The van der Waals surface area contributed by atoms with Crippen LogP contribution in [0.3, 0.4) is 0 Å². The van der Waals surface area contributed by atoms with E-state index in [9.17, 15) is 13.2 Å². The number of carboxylic acid groups (broad SMARTS) is 1. The van der Waals surface area contributed by atoms with E-state index in [-0.39, 0.29) is 26.3 Å². The van der Waals surface area contributed by atoms with Gasteiger partial charge < -0.3 is 5.11 Å². The first-order chi connectivity index (χ1) is 9.29. The van der Waals surface area contributed by atoms with E-state index in [1.807, 2.05) is 6.92 Å². The fraction of sp³-hybridized carbons (Fsp3) is 0.417. The molecule has 1 rings (SSSR count). The third kappa shape index (κ3) is 4.55. The molecule has 0 atom stereocenters. The van der Waals surface area contributed by atoms with Crippen LogP contribution in [0.15, 0.2) is 17.0 Å². The molecule has 0 aromatic heterocycles. The van der Waals surface area contributed by atoms with Crippen LogP contribution in [0.5, 0.6) is 0 Å². The van der Waals surface area contributed by atoms with Crippen LogP contribution >= 0.6 is 35.0 Å². The number of halogens is 2. The van der Waals surface area contributed by atoms with E-state index >= 15 is 0 Å². The second kappa shape index (κ2) is 7.54. The van der Waals surface area contributed by atoms with Crippen molar-refractivity contribution in [3.63, 3.8) is 0 Å². The quantitative estimate of drug-likeness (QED) is 0.755. The van der Waals surface area contributed by atoms with Crippen LogP contribution in [0.25, 0.3) is 0 Å². The van der Waals surface area contributed by atoms with E-state index in [0.717, 1.165) is 23.6 Å². The Morgan fingerprint density at radius 3 is 2.50 bits per heavy atom. The normalized spacial score (nSPS) is 11.6. The monoisotopic (exact) mass is 356 g/mol. The molecule has 0 radical (unpaired) electrons. The Morgan fingerprint density at radius 1 is 1.30 bits per heavy atom. The minimum Gasteiger partial charge on any atom is -0.478 e. The molecule has 0 aliphatic carbocycles. The number of sulfone groups is 1. The van der Waals surface area contributed by atoms with Gasteiger partial charge in [-0.2, -0.15) is 11.8 Å². The van der Waals surface area contributed by atoms with Gasteiger partial charge in [-0.3, -0.25) is 0 Å². The number of hydrogen-bond acceptors (Lipinski definition) is 4. The molecular formula is C12H14Cl2O4S2. The van der Waals surface area contributed by atoms with Gasteiger partial charge in [-0.15, -0.1) is 0 Å². The molecule has 0 heterocycles. The van der Waals surface area contributed by atoms with E-state index in [2.05, 4.69) is 0 Å². The summed E-state index contributed by atoms with van der Waals surface area (Å²) < 4.78 is 24.3. The van der Waals surface area contributed by atoms with E-state index in [4.69, 9.17) is 28.3 Å². The van der Waals surface area contributed by atoms with Crippen LogP contribution in [-0.4, -0.2) is 36.8 Å². The summed E-state index contributed by atoms with van der Waals surface area (Å²) in [7, 11) is -3.61. The maximum atomic E-state index is 12.2. The molecule has 0 unspecified atom stereocenters. The van der Waals surface area contributed by atoms with Crippen LogP contribution in [0.1, 0.15) is 23.7 Å². The van der Waals surface area contributed by atoms with Gasteiger partial charge in [0.05, 0.1) is 26.3 Å². The minimum atomic E-state index is -3.61. The van der Waals surface area contributed by atoms with Gasteiger partial charge in [-0.1, -0.05) is 30.1 Å². The van der Waals surface area contributed by atoms with E-state index < -0.39 is 15.8 Å². The maximum Gasteiger partial charge on any atom is 0.337 e. The summed E-state index contributed by atoms with van der Waals surface area (Å²) in [5.41, 5.74) is -0.266. The molecule has 0 saturated carbocycles. The van der Waals surface area contributed by atoms with Crippen molar-refractivity contribution in [2.24, 2.45) is 0 Å². The third-order valence-electron chi connectivity index (χ3n) is 2.49. The molecule has 0 bridgehead atoms. The van der Waals surface area contributed by atoms with E-state index in [0.29, 0.717) is 6.42 Å². The highest BCUT2D eigenvalue weighted by molar-refractivity contribution is 7.99. The molecule has 0 fully saturated rings. The summed E-state index contributed by atoms with van der Waals surface area (Å²) >= 11 is 13.2. The number of hydrogen-bond donors (Lipinski definition) is 1. The lowest BCUT2D eigenvalue weighted by atomic mass is 10.2. The van der Waals surface area contributed by atoms with Crippen LogP contribution in [0.2, 0.25) is 10.0 Å². The highest BCUT2D eigenvalue weighted by atomic mass is 35.5. The predicted molar refractivity (Wildman–Crippen MR) is 83.1 cm³/mol. The zero-order chi connectivity index (χ0) is 15.3. The lowest BCUT2D eigenvalue weighted by Crippen LogP contribution is -2.10. The van der Waals surface area contributed by atoms with Crippen molar-refractivity contribution in [3.05, 3.63) is 27.7 Å². The average molecular weight is 357 g/mol. The highest BCUT2D eigenvalue weighted by Gasteiger charge is 2.22. The minimum absolute atomic E-state index is 0.0526. The Hall–Kier alpha value is -0.430. The van der Waals surface area contributed by atoms with Gasteiger partial charge in [0.2, 0.25) is 0 Å². The molecule has 1 aromatic rings. The van der Waals surface area contributed by atoms with Crippen molar-refractivity contribution >= 4 is 50.8 Å². The van der Waals surface area contributed by atoms with Crippen molar-refractivity contribution in [1.82, 2.24) is 0 Å². The van der Waals surface area contributed by atoms with Gasteiger partial charge >= 0.3 is 5.97 Å². The summed E-state index contributed by atoms with van der Waals surface area (Å²) in [4.78, 5) is 10.8. The van der Waals surface area contributed by atoms with Crippen molar-refractivity contribution in [1.29, 1.82) is 0 Å². The first-order valence-electron chi connectivity index (χ1n) is 5.82. The summed E-state index contributed by atoms with van der Waals surface area (Å²) in [6.07, 6.45) is 0.488. The smallest absolute Gasteiger partial charge is 0.337 e. The standard InChI is InChI=1S/C12H14Cl2O4S2/c1-2-19-4-3-5-20(17,18)11-6-8(12(15)16)9(13)7-10(11)14/h6-7H,2-5H2,1H3,(H,15,16). The third-order valence-corrected chi connectivity index (χ3v) is 6.05.